The van der Waals surface area contributed by atoms with Gasteiger partial charge in [0.15, 0.2) is 0 Å². The summed E-state index contributed by atoms with van der Waals surface area (Å²) in [5.74, 6) is 0.338. The van der Waals surface area contributed by atoms with E-state index < -0.39 is 12.7 Å². The first-order chi connectivity index (χ1) is 13.7. The number of nitrogens with zero attached hydrogens (tertiary/aromatic N) is 3. The van der Waals surface area contributed by atoms with Crippen LogP contribution in [0.5, 0.6) is 0 Å². The molecule has 0 aliphatic carbocycles. The summed E-state index contributed by atoms with van der Waals surface area (Å²) in [6, 6.07) is 9.33. The smallest absolute Gasteiger partial charge is 0.405 e. The van der Waals surface area contributed by atoms with Crippen LogP contribution in [0.3, 0.4) is 0 Å². The zero-order chi connectivity index (χ0) is 21.4. The topological polar surface area (TPSA) is 106 Å². The van der Waals surface area contributed by atoms with Crippen molar-refractivity contribution in [2.75, 3.05) is 31.3 Å². The quantitative estimate of drug-likeness (QED) is 0.461. The summed E-state index contributed by atoms with van der Waals surface area (Å²) < 4.78 is 37.5. The fourth-order valence-electron chi connectivity index (χ4n) is 2.50. The van der Waals surface area contributed by atoms with E-state index in [4.69, 9.17) is 9.90 Å². The number of benzene rings is 1. The molecule has 0 bridgehead atoms. The van der Waals surface area contributed by atoms with Gasteiger partial charge in [0, 0.05) is 18.4 Å². The molecule has 0 spiro atoms. The Hall–Kier alpha value is -3.34. The Morgan fingerprint density at radius 2 is 1.83 bits per heavy atom. The second-order valence-corrected chi connectivity index (χ2v) is 6.27. The average Bonchev–Trinajstić information content (AvgIpc) is 3.09. The van der Waals surface area contributed by atoms with Crippen LogP contribution in [0.2, 0.25) is 0 Å². The minimum absolute atomic E-state index is 0.125. The number of carboxylic acid groups (broad SMARTS) is 1. The highest BCUT2D eigenvalue weighted by Crippen LogP contribution is 2.24. The lowest BCUT2D eigenvalue weighted by Crippen LogP contribution is -2.22. The maximum Gasteiger partial charge on any atom is 0.405 e. The van der Waals surface area contributed by atoms with Crippen LogP contribution in [0.1, 0.15) is 5.56 Å². The van der Waals surface area contributed by atoms with Gasteiger partial charge in [0.05, 0.1) is 5.39 Å². The molecule has 3 aromatic rings. The monoisotopic (exact) mass is 410 g/mol. The van der Waals surface area contributed by atoms with E-state index >= 15 is 0 Å². The predicted molar refractivity (Wildman–Crippen MR) is 104 cm³/mol. The van der Waals surface area contributed by atoms with Crippen molar-refractivity contribution in [1.82, 2.24) is 19.9 Å². The van der Waals surface area contributed by atoms with Gasteiger partial charge < -0.3 is 25.6 Å². The number of alkyl halides is 3. The van der Waals surface area contributed by atoms with Gasteiger partial charge in [-0.2, -0.15) is 23.1 Å². The summed E-state index contributed by atoms with van der Waals surface area (Å²) in [6.07, 6.45) is -2.72. The van der Waals surface area contributed by atoms with Crippen molar-refractivity contribution < 1.29 is 23.1 Å². The van der Waals surface area contributed by atoms with Crippen LogP contribution in [0.4, 0.5) is 30.6 Å². The standard InChI is InChI=1S/C17H19F3N6.CH2O2/c1-26(2)9-11-3-5-12(6-4-11)23-16-24-14-13(7-8-21-14)15(25-16)22-10-17(18,19)20;2-1-3/h3-8H,9-10H2,1-2H3,(H3,21,22,23,24,25);1H,(H,2,3). The molecular weight excluding hydrogens is 389 g/mol. The van der Waals surface area contributed by atoms with Crippen molar-refractivity contribution in [3.63, 3.8) is 0 Å². The molecule has 156 valence electrons. The van der Waals surface area contributed by atoms with Crippen molar-refractivity contribution in [3.05, 3.63) is 42.1 Å². The van der Waals surface area contributed by atoms with Crippen LogP contribution in [-0.2, 0) is 11.3 Å². The predicted octanol–water partition coefficient (Wildman–Crippen LogP) is 3.44. The van der Waals surface area contributed by atoms with Crippen molar-refractivity contribution in [2.24, 2.45) is 0 Å². The summed E-state index contributed by atoms with van der Waals surface area (Å²) >= 11 is 0. The highest BCUT2D eigenvalue weighted by Gasteiger charge is 2.27. The number of anilines is 3. The summed E-state index contributed by atoms with van der Waals surface area (Å²) in [4.78, 5) is 21.8. The maximum atomic E-state index is 12.5. The summed E-state index contributed by atoms with van der Waals surface area (Å²) in [6.45, 7) is -0.598. The average molecular weight is 410 g/mol. The zero-order valence-electron chi connectivity index (χ0n) is 15.8. The third-order valence-electron chi connectivity index (χ3n) is 3.58. The fraction of sp³-hybridized carbons (Fsp3) is 0.278. The molecule has 29 heavy (non-hydrogen) atoms. The molecular formula is C18H21F3N6O2. The van der Waals surface area contributed by atoms with E-state index in [0.29, 0.717) is 11.0 Å². The lowest BCUT2D eigenvalue weighted by molar-refractivity contribution is -0.123. The molecule has 0 unspecified atom stereocenters. The number of aromatic nitrogens is 3. The van der Waals surface area contributed by atoms with Crippen LogP contribution in [-0.4, -0.2) is 58.2 Å². The molecule has 1 aromatic carbocycles. The Balaban J connectivity index is 0.000000941. The van der Waals surface area contributed by atoms with E-state index in [0.717, 1.165) is 17.8 Å². The molecule has 2 heterocycles. The third kappa shape index (κ3) is 6.96. The van der Waals surface area contributed by atoms with Gasteiger partial charge in [-0.1, -0.05) is 12.1 Å². The molecule has 0 aliphatic rings. The zero-order valence-corrected chi connectivity index (χ0v) is 15.8. The molecule has 11 heteroatoms. The SMILES string of the molecule is CN(C)Cc1ccc(Nc2nc(NCC(F)(F)F)c3cc[nH]c3n2)cc1.O=CO. The van der Waals surface area contributed by atoms with Gasteiger partial charge in [0.25, 0.3) is 6.47 Å². The molecule has 4 N–H and O–H groups in total. The number of nitrogens with one attached hydrogen (secondary N) is 3. The molecule has 0 atom stereocenters. The molecule has 3 rings (SSSR count). The van der Waals surface area contributed by atoms with E-state index in [1.165, 1.54) is 0 Å². The van der Waals surface area contributed by atoms with Gasteiger partial charge in [-0.25, -0.2) is 0 Å². The minimum atomic E-state index is -4.33. The van der Waals surface area contributed by atoms with Crippen molar-refractivity contribution in [1.29, 1.82) is 0 Å². The number of fused-ring (bicyclic) bond motifs is 1. The highest BCUT2D eigenvalue weighted by molar-refractivity contribution is 5.88. The number of halogens is 3. The summed E-state index contributed by atoms with van der Waals surface area (Å²) in [5, 5.41) is 12.7. The van der Waals surface area contributed by atoms with Gasteiger partial charge in [-0.3, -0.25) is 4.79 Å². The largest absolute Gasteiger partial charge is 0.483 e. The Labute approximate surface area is 164 Å². The van der Waals surface area contributed by atoms with Gasteiger partial charge in [0.1, 0.15) is 18.0 Å². The molecule has 0 radical (unpaired) electrons. The molecule has 0 aliphatic heterocycles. The molecule has 0 saturated carbocycles. The van der Waals surface area contributed by atoms with Gasteiger partial charge in [-0.05, 0) is 37.9 Å². The molecule has 2 aromatic heterocycles. The lowest BCUT2D eigenvalue weighted by atomic mass is 10.2. The van der Waals surface area contributed by atoms with Crippen LogP contribution < -0.4 is 10.6 Å². The minimum Gasteiger partial charge on any atom is -0.483 e. The van der Waals surface area contributed by atoms with Crippen molar-refractivity contribution in [2.45, 2.75) is 12.7 Å². The number of carbonyl (C=O) groups is 1. The number of hydrogen-bond donors (Lipinski definition) is 4. The van der Waals surface area contributed by atoms with E-state index in [1.54, 1.807) is 12.3 Å². The van der Waals surface area contributed by atoms with Crippen LogP contribution in [0, 0.1) is 0 Å². The number of H-pyrrole nitrogens is 1. The number of hydrogen-bond acceptors (Lipinski definition) is 6. The van der Waals surface area contributed by atoms with Gasteiger partial charge in [0.2, 0.25) is 5.95 Å². The second-order valence-electron chi connectivity index (χ2n) is 6.27. The number of rotatable bonds is 6. The van der Waals surface area contributed by atoms with Gasteiger partial charge >= 0.3 is 6.18 Å². The highest BCUT2D eigenvalue weighted by atomic mass is 19.4. The van der Waals surface area contributed by atoms with E-state index in [-0.39, 0.29) is 18.2 Å². The van der Waals surface area contributed by atoms with Crippen LogP contribution >= 0.6 is 0 Å². The van der Waals surface area contributed by atoms with Crippen LogP contribution in [0.15, 0.2) is 36.5 Å². The van der Waals surface area contributed by atoms with Crippen molar-refractivity contribution >= 4 is 35.0 Å². The Morgan fingerprint density at radius 1 is 1.17 bits per heavy atom. The Bertz CT molecular complexity index is 925. The first-order valence-electron chi connectivity index (χ1n) is 8.46. The Kier molecular flexibility index (Phi) is 7.37. The first kappa shape index (κ1) is 22.0. The normalized spacial score (nSPS) is 11.1. The third-order valence-corrected chi connectivity index (χ3v) is 3.58. The second kappa shape index (κ2) is 9.73. The first-order valence-corrected chi connectivity index (χ1v) is 8.46. The van der Waals surface area contributed by atoms with E-state index in [9.17, 15) is 13.2 Å². The molecule has 0 fully saturated rings. The molecule has 0 amide bonds. The molecule has 8 nitrogen and oxygen atoms in total. The van der Waals surface area contributed by atoms with E-state index in [2.05, 4.69) is 30.5 Å². The summed E-state index contributed by atoms with van der Waals surface area (Å²) in [5.41, 5.74) is 2.35. The van der Waals surface area contributed by atoms with Crippen LogP contribution in [0.25, 0.3) is 11.0 Å². The van der Waals surface area contributed by atoms with Gasteiger partial charge in [-0.15, -0.1) is 0 Å². The lowest BCUT2D eigenvalue weighted by Gasteiger charge is -2.12. The van der Waals surface area contributed by atoms with E-state index in [1.807, 2.05) is 38.4 Å². The van der Waals surface area contributed by atoms with Crippen molar-refractivity contribution in [3.8, 4) is 0 Å². The Morgan fingerprint density at radius 3 is 2.41 bits per heavy atom. The number of aromatic amines is 1. The summed E-state index contributed by atoms with van der Waals surface area (Å²) in [7, 11) is 3.97. The fourth-order valence-corrected chi connectivity index (χ4v) is 2.50. The maximum absolute atomic E-state index is 12.5. The molecule has 0 saturated heterocycles.